The van der Waals surface area contributed by atoms with Gasteiger partial charge in [0, 0.05) is 18.1 Å². The first kappa shape index (κ1) is 54.5. The number of hydrogen-bond acceptors (Lipinski definition) is 10. The maximum Gasteiger partial charge on any atom is 0.330 e. The van der Waals surface area contributed by atoms with Gasteiger partial charge in [0.05, 0.1) is 49.3 Å². The van der Waals surface area contributed by atoms with Crippen molar-refractivity contribution in [1.29, 1.82) is 0 Å². The molecular weight excluding hydrogens is 943 g/mol. The number of nitrogens with zero attached hydrogens (tertiary/aromatic N) is 2. The van der Waals surface area contributed by atoms with Crippen LogP contribution in [0.5, 0.6) is 11.5 Å². The molecule has 14 atom stereocenters. The maximum atomic E-state index is 13.3. The Labute approximate surface area is 443 Å². The summed E-state index contributed by atoms with van der Waals surface area (Å²) in [6.07, 6.45) is 13.1. The predicted octanol–water partition coefficient (Wildman–Crippen LogP) is 11.6. The van der Waals surface area contributed by atoms with Crippen molar-refractivity contribution in [3.8, 4) is 11.5 Å². The number of carbonyl (C=O) groups excluding carboxylic acids is 5. The zero-order valence-electron chi connectivity index (χ0n) is 44.6. The van der Waals surface area contributed by atoms with Gasteiger partial charge in [0.1, 0.15) is 11.5 Å². The van der Waals surface area contributed by atoms with E-state index in [-0.39, 0.29) is 23.5 Å². The second-order valence-electron chi connectivity index (χ2n) is 22.0. The number of fused-ring (bicyclic) bond motifs is 4. The van der Waals surface area contributed by atoms with Gasteiger partial charge in [-0.2, -0.15) is 0 Å². The van der Waals surface area contributed by atoms with Gasteiger partial charge in [0.25, 0.3) is 5.91 Å². The monoisotopic (exact) mass is 1020 g/mol. The summed E-state index contributed by atoms with van der Waals surface area (Å²) in [7, 11) is 1.58. The molecule has 75 heavy (non-hydrogen) atoms. The van der Waals surface area contributed by atoms with Gasteiger partial charge in [-0.05, 0) is 176 Å². The quantitative estimate of drug-likeness (QED) is 0.0149. The van der Waals surface area contributed by atoms with Crippen LogP contribution in [0.3, 0.4) is 0 Å². The number of para-hydroxylation sites is 1. The standard InChI is InChI=1S/C32H33N3O6.C31H42O3/c1-20(29-22(3)30(37)34(31(29)38)24-8-6-5-7-9-24)21(2)32(39)41-27-17-13-25(14-18-27)35(33)28(36)19-12-23-10-15-26(40-4)16-11-23;1-19(2)33-17-25-13-24-15-27(25)21(4)28(24)16-29-20(3)23-12-26(30(29)14-23)18-34-31(32)11-10-22-8-6-5-7-9-22/h5-22,29H,33H2,1-4H3;5-11,20-21,23-30H,1,12-18H2,2-4H3/b19-12+;11-10+. The third kappa shape index (κ3) is 12.5. The molecule has 12 nitrogen and oxygen atoms in total. The highest BCUT2D eigenvalue weighted by atomic mass is 16.5. The first-order valence-corrected chi connectivity index (χ1v) is 26.9. The number of ether oxygens (including phenoxy) is 4. The van der Waals surface area contributed by atoms with Gasteiger partial charge in [-0.1, -0.05) is 102 Å². The molecule has 1 aliphatic heterocycles. The summed E-state index contributed by atoms with van der Waals surface area (Å²) in [4.78, 5) is 65.3. The highest BCUT2D eigenvalue weighted by Crippen LogP contribution is 2.62. The van der Waals surface area contributed by atoms with Crippen LogP contribution in [0.25, 0.3) is 12.2 Å². The minimum absolute atomic E-state index is 0.207. The van der Waals surface area contributed by atoms with E-state index in [9.17, 15) is 24.0 Å². The van der Waals surface area contributed by atoms with Gasteiger partial charge in [-0.25, -0.2) is 15.6 Å². The molecule has 4 bridgehead atoms. The topological polar surface area (TPSA) is 155 Å². The zero-order chi connectivity index (χ0) is 53.5. The smallest absolute Gasteiger partial charge is 0.330 e. The Morgan fingerprint density at radius 2 is 1.29 bits per heavy atom. The number of rotatable bonds is 18. The molecule has 5 aliphatic rings. The van der Waals surface area contributed by atoms with E-state index in [0.29, 0.717) is 29.6 Å². The van der Waals surface area contributed by atoms with Crippen molar-refractivity contribution >= 4 is 53.2 Å². The van der Waals surface area contributed by atoms with Crippen molar-refractivity contribution in [2.75, 3.05) is 30.2 Å². The zero-order valence-corrected chi connectivity index (χ0v) is 44.6. The Morgan fingerprint density at radius 3 is 1.93 bits per heavy atom. The van der Waals surface area contributed by atoms with Crippen LogP contribution in [0, 0.1) is 82.9 Å². The molecule has 4 saturated carbocycles. The summed E-state index contributed by atoms with van der Waals surface area (Å²) in [5, 5.41) is 0.985. The van der Waals surface area contributed by atoms with E-state index in [0.717, 1.165) is 81.8 Å². The van der Waals surface area contributed by atoms with Crippen LogP contribution < -0.4 is 25.2 Å². The molecular formula is C63H75N3O9. The molecule has 0 aromatic heterocycles. The number of esters is 2. The Hall–Kier alpha value is -6.79. The molecule has 4 aromatic carbocycles. The summed E-state index contributed by atoms with van der Waals surface area (Å²) in [5.74, 6) is 11.5. The van der Waals surface area contributed by atoms with Crippen LogP contribution in [0.2, 0.25) is 0 Å². The van der Waals surface area contributed by atoms with Gasteiger partial charge >= 0.3 is 11.9 Å². The van der Waals surface area contributed by atoms with Crippen LogP contribution in [0.4, 0.5) is 11.4 Å². The Balaban J connectivity index is 0.000000202. The number of carbonyl (C=O) groups is 5. The van der Waals surface area contributed by atoms with Crippen LogP contribution in [-0.2, 0) is 33.4 Å². The Kier molecular flexibility index (Phi) is 17.6. The molecule has 14 unspecified atom stereocenters. The first-order chi connectivity index (χ1) is 36.0. The van der Waals surface area contributed by atoms with Crippen molar-refractivity contribution < 1.29 is 42.9 Å². The maximum absolute atomic E-state index is 13.3. The van der Waals surface area contributed by atoms with E-state index < -0.39 is 35.5 Å². The fraction of sp³-hybridized carbons (Fsp3) is 0.444. The molecule has 4 aromatic rings. The molecule has 5 fully saturated rings. The normalized spacial score (nSPS) is 28.2. The number of benzene rings is 4. The molecule has 396 valence electrons. The van der Waals surface area contributed by atoms with Crippen molar-refractivity contribution in [2.45, 2.75) is 73.6 Å². The first-order valence-electron chi connectivity index (χ1n) is 26.9. The third-order valence-corrected chi connectivity index (χ3v) is 17.7. The fourth-order valence-electron chi connectivity index (χ4n) is 13.4. The lowest BCUT2D eigenvalue weighted by molar-refractivity contribution is -0.142. The lowest BCUT2D eigenvalue weighted by Crippen LogP contribution is -2.36. The van der Waals surface area contributed by atoms with E-state index in [1.165, 1.54) is 55.2 Å². The Bertz CT molecular complexity index is 2700. The lowest BCUT2D eigenvalue weighted by atomic mass is 9.66. The molecule has 1 heterocycles. The number of nitrogens with two attached hydrogens (primary N) is 1. The average Bonchev–Trinajstić information content (AvgIpc) is 4.23. The van der Waals surface area contributed by atoms with E-state index in [1.54, 1.807) is 88.6 Å². The number of amides is 3. The van der Waals surface area contributed by atoms with Crippen molar-refractivity contribution in [1.82, 2.24) is 0 Å². The average molecular weight is 1020 g/mol. The number of anilines is 2. The van der Waals surface area contributed by atoms with E-state index >= 15 is 0 Å². The summed E-state index contributed by atoms with van der Waals surface area (Å²) >= 11 is 0. The van der Waals surface area contributed by atoms with Crippen LogP contribution in [0.15, 0.2) is 134 Å². The molecule has 0 spiro atoms. The number of methoxy groups -OCH3 is 1. The van der Waals surface area contributed by atoms with Gasteiger partial charge < -0.3 is 18.9 Å². The van der Waals surface area contributed by atoms with E-state index in [2.05, 4.69) is 20.4 Å². The van der Waals surface area contributed by atoms with Crippen molar-refractivity contribution in [3.05, 3.63) is 145 Å². The van der Waals surface area contributed by atoms with Crippen LogP contribution in [0.1, 0.15) is 84.8 Å². The molecule has 12 heteroatoms. The van der Waals surface area contributed by atoms with Crippen LogP contribution >= 0.6 is 0 Å². The SMILES string of the molecule is C=C(C)OCC1CC2CC1C(C)C2CC1C(C)C2CC(COC(=O)/C=C/c3ccccc3)C1C2.COc1ccc(/C=C/C(=O)N(N)c2ccc(OC(=O)C(C)C(C)C3C(=O)N(c4ccccc4)C(=O)C3C)cc2)cc1. The summed E-state index contributed by atoms with van der Waals surface area (Å²) in [6.45, 7) is 17.5. The Morgan fingerprint density at radius 1 is 0.707 bits per heavy atom. The second kappa shape index (κ2) is 24.3. The molecule has 4 aliphatic carbocycles. The van der Waals surface area contributed by atoms with Crippen LogP contribution in [-0.4, -0.2) is 50.0 Å². The van der Waals surface area contributed by atoms with Crippen molar-refractivity contribution in [3.63, 3.8) is 0 Å². The third-order valence-electron chi connectivity index (χ3n) is 17.7. The largest absolute Gasteiger partial charge is 0.499 e. The predicted molar refractivity (Wildman–Crippen MR) is 292 cm³/mol. The highest BCUT2D eigenvalue weighted by Gasteiger charge is 2.56. The van der Waals surface area contributed by atoms with E-state index in [4.69, 9.17) is 24.8 Å². The van der Waals surface area contributed by atoms with E-state index in [1.807, 2.05) is 61.5 Å². The lowest BCUT2D eigenvalue weighted by Gasteiger charge is -2.40. The highest BCUT2D eigenvalue weighted by molar-refractivity contribution is 6.22. The molecule has 3 amide bonds. The van der Waals surface area contributed by atoms with Gasteiger partial charge in [0.15, 0.2) is 0 Å². The molecule has 1 saturated heterocycles. The minimum atomic E-state index is -0.662. The molecule has 9 rings (SSSR count). The number of hydrogen-bond donors (Lipinski definition) is 1. The van der Waals surface area contributed by atoms with Gasteiger partial charge in [-0.15, -0.1) is 0 Å². The minimum Gasteiger partial charge on any atom is -0.499 e. The fourth-order valence-corrected chi connectivity index (χ4v) is 13.4. The molecule has 0 radical (unpaired) electrons. The second-order valence-corrected chi connectivity index (χ2v) is 22.0. The van der Waals surface area contributed by atoms with Gasteiger partial charge in [0.2, 0.25) is 11.8 Å². The summed E-state index contributed by atoms with van der Waals surface area (Å²) < 4.78 is 22.2. The number of imide groups is 1. The summed E-state index contributed by atoms with van der Waals surface area (Å²) in [6, 6.07) is 32.1. The number of allylic oxidation sites excluding steroid dienone is 1. The van der Waals surface area contributed by atoms with Gasteiger partial charge in [-0.3, -0.25) is 24.1 Å². The van der Waals surface area contributed by atoms with Crippen molar-refractivity contribution in [2.24, 2.45) is 88.7 Å². The summed E-state index contributed by atoms with van der Waals surface area (Å²) in [5.41, 5.74) is 2.76. The number of hydrazine groups is 1. The molecule has 2 N–H and O–H groups in total.